The van der Waals surface area contributed by atoms with Gasteiger partial charge in [0.15, 0.2) is 5.76 Å². The normalized spacial score (nSPS) is 22.0. The molecule has 4 heterocycles. The number of fused-ring (bicyclic) bond motifs is 1. The van der Waals surface area contributed by atoms with Crippen molar-refractivity contribution in [3.63, 3.8) is 0 Å². The van der Waals surface area contributed by atoms with Gasteiger partial charge in [-0.05, 0) is 34.6 Å². The first-order chi connectivity index (χ1) is 19.0. The SMILES string of the molecule is CON=C(C(=O)N[C@]1(OC)C(=O)N2C(C(=O)O)=C(C(CCNS(=O)(=O)O)Sc3nnn[nH]3)CS[C@H]21)c1ccco1. The van der Waals surface area contributed by atoms with Crippen LogP contribution in [0.5, 0.6) is 0 Å². The molecule has 18 nitrogen and oxygen atoms in total. The molecule has 4 rings (SSSR count). The maximum Gasteiger partial charge on any atom is 0.352 e. The Balaban J connectivity index is 1.64. The summed E-state index contributed by atoms with van der Waals surface area (Å²) in [5.41, 5.74) is -2.34. The highest BCUT2D eigenvalue weighted by Crippen LogP contribution is 2.48. The number of carboxylic acid groups (broad SMARTS) is 1. The number of hydrogen-bond donors (Lipinski definition) is 5. The number of furan rings is 1. The Kier molecular flexibility index (Phi) is 8.80. The molecule has 216 valence electrons. The van der Waals surface area contributed by atoms with E-state index in [1.54, 1.807) is 0 Å². The van der Waals surface area contributed by atoms with Gasteiger partial charge >= 0.3 is 16.3 Å². The van der Waals surface area contributed by atoms with Crippen molar-refractivity contribution in [2.75, 3.05) is 26.5 Å². The van der Waals surface area contributed by atoms with Crippen LogP contribution in [0.25, 0.3) is 0 Å². The van der Waals surface area contributed by atoms with Gasteiger partial charge in [-0.15, -0.1) is 16.9 Å². The number of thioether (sulfide) groups is 2. The van der Waals surface area contributed by atoms with Crippen LogP contribution >= 0.6 is 23.5 Å². The van der Waals surface area contributed by atoms with E-state index in [2.05, 4.69) is 31.1 Å². The summed E-state index contributed by atoms with van der Waals surface area (Å²) in [5.74, 6) is -3.08. The number of carbonyl (C=O) groups is 3. The number of rotatable bonds is 13. The lowest BCUT2D eigenvalue weighted by atomic mass is 9.96. The molecule has 0 bridgehead atoms. The van der Waals surface area contributed by atoms with Crippen LogP contribution < -0.4 is 10.0 Å². The van der Waals surface area contributed by atoms with E-state index in [-0.39, 0.29) is 46.6 Å². The first kappa shape index (κ1) is 29.5. The third kappa shape index (κ3) is 5.83. The Morgan fingerprint density at radius 2 is 2.23 bits per heavy atom. The second-order valence-electron chi connectivity index (χ2n) is 7.98. The van der Waals surface area contributed by atoms with E-state index in [9.17, 15) is 27.9 Å². The number of ether oxygens (including phenoxy) is 1. The van der Waals surface area contributed by atoms with Crippen LogP contribution in [0.4, 0.5) is 0 Å². The fourth-order valence-electron chi connectivity index (χ4n) is 4.04. The van der Waals surface area contributed by atoms with Gasteiger partial charge in [-0.3, -0.25) is 19.0 Å². The summed E-state index contributed by atoms with van der Waals surface area (Å²) in [6.45, 7) is -0.261. The summed E-state index contributed by atoms with van der Waals surface area (Å²) in [6.07, 6.45) is 1.31. The molecule has 3 atom stereocenters. The summed E-state index contributed by atoms with van der Waals surface area (Å²) in [4.78, 5) is 44.8. The molecule has 2 aromatic heterocycles. The number of amides is 2. The van der Waals surface area contributed by atoms with Crippen LogP contribution in [-0.2, 0) is 34.3 Å². The number of oxime groups is 1. The second-order valence-corrected chi connectivity index (χ2v) is 11.5. The lowest BCUT2D eigenvalue weighted by Gasteiger charge is -2.56. The number of H-pyrrole nitrogens is 1. The zero-order valence-electron chi connectivity index (χ0n) is 20.6. The van der Waals surface area contributed by atoms with Crippen molar-refractivity contribution >= 4 is 57.3 Å². The zero-order chi connectivity index (χ0) is 29.1. The molecule has 2 aliphatic heterocycles. The first-order valence-electron chi connectivity index (χ1n) is 11.1. The molecule has 2 aliphatic rings. The number of tetrazole rings is 1. The highest BCUT2D eigenvalue weighted by Gasteiger charge is 2.67. The molecule has 2 amide bonds. The van der Waals surface area contributed by atoms with E-state index in [0.29, 0.717) is 0 Å². The number of nitrogens with one attached hydrogen (secondary N) is 3. The van der Waals surface area contributed by atoms with Gasteiger partial charge in [0, 0.05) is 24.7 Å². The summed E-state index contributed by atoms with van der Waals surface area (Å²) >= 11 is 2.11. The van der Waals surface area contributed by atoms with Crippen molar-refractivity contribution in [2.24, 2.45) is 5.16 Å². The quantitative estimate of drug-likeness (QED) is 0.0441. The molecule has 0 radical (unpaired) electrons. The zero-order valence-corrected chi connectivity index (χ0v) is 23.1. The number of aromatic amines is 1. The van der Waals surface area contributed by atoms with E-state index in [1.807, 2.05) is 4.72 Å². The third-order valence-electron chi connectivity index (χ3n) is 5.70. The lowest BCUT2D eigenvalue weighted by Crippen LogP contribution is -2.81. The molecule has 2 aromatic rings. The molecule has 1 unspecified atom stereocenters. The number of hydrogen-bond acceptors (Lipinski definition) is 14. The topological polar surface area (TPSA) is 252 Å². The van der Waals surface area contributed by atoms with Crippen molar-refractivity contribution in [1.82, 2.24) is 35.6 Å². The third-order valence-corrected chi connectivity index (χ3v) is 8.80. The molecule has 1 fully saturated rings. The fourth-order valence-corrected chi connectivity index (χ4v) is 7.06. The summed E-state index contributed by atoms with van der Waals surface area (Å²) in [7, 11) is -2.10. The van der Waals surface area contributed by atoms with E-state index >= 15 is 0 Å². The molecule has 0 saturated carbocycles. The number of nitrogens with zero attached hydrogens (tertiary/aromatic N) is 5. The van der Waals surface area contributed by atoms with Gasteiger partial charge < -0.3 is 24.4 Å². The summed E-state index contributed by atoms with van der Waals surface area (Å²) < 4.78 is 43.9. The molecular weight excluding hydrogens is 596 g/mol. The lowest BCUT2D eigenvalue weighted by molar-refractivity contribution is -0.191. The van der Waals surface area contributed by atoms with Gasteiger partial charge in [0.25, 0.3) is 17.5 Å². The largest absolute Gasteiger partial charge is 0.477 e. The van der Waals surface area contributed by atoms with Crippen LogP contribution in [0.2, 0.25) is 0 Å². The van der Waals surface area contributed by atoms with E-state index in [1.165, 1.54) is 32.6 Å². The summed E-state index contributed by atoms with van der Waals surface area (Å²) in [6, 6.07) is 2.98. The minimum Gasteiger partial charge on any atom is -0.477 e. The molecule has 0 aromatic carbocycles. The van der Waals surface area contributed by atoms with Crippen molar-refractivity contribution in [3.05, 3.63) is 35.4 Å². The molecule has 0 spiro atoms. The maximum atomic E-state index is 13.5. The van der Waals surface area contributed by atoms with Crippen molar-refractivity contribution < 1.29 is 46.5 Å². The average molecular weight is 619 g/mol. The second kappa shape index (κ2) is 11.9. The number of aromatic nitrogens is 4. The molecule has 1 saturated heterocycles. The molecule has 40 heavy (non-hydrogen) atoms. The van der Waals surface area contributed by atoms with Crippen molar-refractivity contribution in [3.8, 4) is 0 Å². The maximum absolute atomic E-state index is 13.5. The Morgan fingerprint density at radius 1 is 1.45 bits per heavy atom. The molecule has 5 N–H and O–H groups in total. The van der Waals surface area contributed by atoms with Crippen LogP contribution in [0, 0.1) is 0 Å². The molecular formula is C19H22N8O10S3. The van der Waals surface area contributed by atoms with Crippen LogP contribution in [-0.4, -0.2) is 110 Å². The van der Waals surface area contributed by atoms with Gasteiger partial charge in [-0.25, -0.2) is 9.89 Å². The highest BCUT2D eigenvalue weighted by atomic mass is 32.2. The molecule has 21 heteroatoms. The van der Waals surface area contributed by atoms with Gasteiger partial charge in [0.05, 0.1) is 6.26 Å². The van der Waals surface area contributed by atoms with Crippen LogP contribution in [0.15, 0.2) is 44.4 Å². The monoisotopic (exact) mass is 618 g/mol. The van der Waals surface area contributed by atoms with E-state index < -0.39 is 44.4 Å². The first-order valence-corrected chi connectivity index (χ1v) is 14.5. The van der Waals surface area contributed by atoms with Crippen molar-refractivity contribution in [1.29, 1.82) is 0 Å². The van der Waals surface area contributed by atoms with Crippen LogP contribution in [0.1, 0.15) is 12.2 Å². The predicted octanol–water partition coefficient (Wildman–Crippen LogP) is -1.20. The Morgan fingerprint density at radius 3 is 2.80 bits per heavy atom. The Labute approximate surface area is 234 Å². The Bertz CT molecular complexity index is 1430. The number of carbonyl (C=O) groups excluding carboxylic acids is 2. The highest BCUT2D eigenvalue weighted by molar-refractivity contribution is 8.01. The van der Waals surface area contributed by atoms with Crippen LogP contribution in [0.3, 0.4) is 0 Å². The standard InChI is InChI=1S/C19H22N8O10S3/c1-35-19(21-14(28)12(24-36-2)10-4-3-7-37-10)16(31)27-13(15(29)30)9(8-38-17(19)27)11(5-6-20-40(32,33)34)39-18-22-25-26-23-18/h3-4,7,11,17,20H,5-6,8H2,1-2H3,(H,21,28)(H,29,30)(H,32,33,34)(H,22,23,25,26)/t11?,17-,19-/m0/s1. The average Bonchev–Trinajstić information content (AvgIpc) is 3.62. The van der Waals surface area contributed by atoms with E-state index in [0.717, 1.165) is 28.4 Å². The minimum absolute atomic E-state index is 0.00330. The van der Waals surface area contributed by atoms with Gasteiger partial charge in [-0.1, -0.05) is 16.9 Å². The fraction of sp³-hybridized carbons (Fsp3) is 0.421. The van der Waals surface area contributed by atoms with Crippen molar-refractivity contribution in [2.45, 2.75) is 27.9 Å². The van der Waals surface area contributed by atoms with Gasteiger partial charge in [0.1, 0.15) is 18.2 Å². The Hall–Kier alpha value is -3.50. The predicted molar refractivity (Wildman–Crippen MR) is 136 cm³/mol. The van der Waals surface area contributed by atoms with Gasteiger partial charge in [0.2, 0.25) is 10.9 Å². The number of methoxy groups -OCH3 is 1. The smallest absolute Gasteiger partial charge is 0.352 e. The number of β-lactam (4-membered cyclic amide) rings is 1. The number of aliphatic carboxylic acids is 1. The molecule has 0 aliphatic carbocycles. The van der Waals surface area contributed by atoms with Gasteiger partial charge in [-0.2, -0.15) is 13.1 Å². The number of carboxylic acids is 1. The summed E-state index contributed by atoms with van der Waals surface area (Å²) in [5, 5.41) is 28.0. The van der Waals surface area contributed by atoms with E-state index in [4.69, 9.17) is 18.5 Å². The minimum atomic E-state index is -4.51.